The Hall–Kier alpha value is -1.73. The van der Waals surface area contributed by atoms with Crippen LogP contribution in [0.2, 0.25) is 0 Å². The smallest absolute Gasteiger partial charge is 0.240 e. The second kappa shape index (κ2) is 8.79. The highest BCUT2D eigenvalue weighted by Crippen LogP contribution is 2.11. The number of ketones is 1. The Morgan fingerprint density at radius 2 is 1.78 bits per heavy atom. The Labute approximate surface area is 137 Å². The van der Waals surface area contributed by atoms with Crippen molar-refractivity contribution in [2.75, 3.05) is 20.1 Å². The minimum Gasteiger partial charge on any atom is -0.346 e. The van der Waals surface area contributed by atoms with Crippen LogP contribution in [0.25, 0.3) is 0 Å². The Kier molecular flexibility index (Phi) is 7.38. The first-order valence-corrected chi connectivity index (χ1v) is 9.11. The van der Waals surface area contributed by atoms with Crippen molar-refractivity contribution in [1.29, 1.82) is 0 Å². The molecule has 1 aromatic carbocycles. The first kappa shape index (κ1) is 19.3. The van der Waals surface area contributed by atoms with Crippen LogP contribution in [0.5, 0.6) is 0 Å². The van der Waals surface area contributed by atoms with Crippen LogP contribution in [0.15, 0.2) is 29.2 Å². The lowest BCUT2D eigenvalue weighted by atomic mass is 10.2. The van der Waals surface area contributed by atoms with Gasteiger partial charge in [0.25, 0.3) is 0 Å². The van der Waals surface area contributed by atoms with Crippen molar-refractivity contribution in [3.05, 3.63) is 29.8 Å². The average molecular weight is 340 g/mol. The number of hydrogen-bond donors (Lipinski definition) is 1. The van der Waals surface area contributed by atoms with E-state index >= 15 is 0 Å². The van der Waals surface area contributed by atoms with Crippen LogP contribution in [0, 0.1) is 0 Å². The van der Waals surface area contributed by atoms with Crippen LogP contribution in [0.3, 0.4) is 0 Å². The first-order valence-electron chi connectivity index (χ1n) is 7.62. The highest BCUT2D eigenvalue weighted by Gasteiger charge is 2.15. The topological polar surface area (TPSA) is 83.6 Å². The van der Waals surface area contributed by atoms with Gasteiger partial charge in [-0.2, -0.15) is 0 Å². The van der Waals surface area contributed by atoms with E-state index in [1.165, 1.54) is 31.2 Å². The Bertz CT molecular complexity index is 639. The minimum absolute atomic E-state index is 0.0477. The minimum atomic E-state index is -3.67. The first-order chi connectivity index (χ1) is 10.8. The fourth-order valence-electron chi connectivity index (χ4n) is 1.96. The molecule has 128 valence electrons. The summed E-state index contributed by atoms with van der Waals surface area (Å²) in [6, 6.07) is 5.71. The predicted octanol–water partition coefficient (Wildman–Crippen LogP) is 1.82. The van der Waals surface area contributed by atoms with Crippen molar-refractivity contribution in [3.8, 4) is 0 Å². The number of benzene rings is 1. The molecule has 0 saturated carbocycles. The van der Waals surface area contributed by atoms with Gasteiger partial charge in [0, 0.05) is 32.1 Å². The third-order valence-electron chi connectivity index (χ3n) is 3.47. The number of nitrogens with zero attached hydrogens (tertiary/aromatic N) is 1. The van der Waals surface area contributed by atoms with Crippen LogP contribution in [-0.4, -0.2) is 45.1 Å². The van der Waals surface area contributed by atoms with Gasteiger partial charge in [-0.15, -0.1) is 0 Å². The average Bonchev–Trinajstić information content (AvgIpc) is 2.52. The van der Waals surface area contributed by atoms with Gasteiger partial charge in [-0.25, -0.2) is 13.1 Å². The molecular formula is C16H24N2O4S. The number of hydrogen-bond acceptors (Lipinski definition) is 4. The van der Waals surface area contributed by atoms with Gasteiger partial charge < -0.3 is 4.90 Å². The molecule has 0 aliphatic carbocycles. The van der Waals surface area contributed by atoms with E-state index in [2.05, 4.69) is 4.72 Å². The fourth-order valence-corrected chi connectivity index (χ4v) is 2.99. The molecule has 0 spiro atoms. The zero-order valence-corrected chi connectivity index (χ0v) is 14.6. The van der Waals surface area contributed by atoms with Crippen molar-refractivity contribution in [3.63, 3.8) is 0 Å². The standard InChI is InChI=1S/C16H24N2O4S/c1-4-5-12-18(3)16(20)10-11-17-23(21,22)15-8-6-14(7-9-15)13(2)19/h6-9,17H,4-5,10-12H2,1-3H3. The van der Waals surface area contributed by atoms with Crippen LogP contribution in [0.1, 0.15) is 43.5 Å². The zero-order valence-electron chi connectivity index (χ0n) is 13.8. The largest absolute Gasteiger partial charge is 0.346 e. The highest BCUT2D eigenvalue weighted by molar-refractivity contribution is 7.89. The molecule has 0 bridgehead atoms. The van der Waals surface area contributed by atoms with Crippen molar-refractivity contribution < 1.29 is 18.0 Å². The summed E-state index contributed by atoms with van der Waals surface area (Å²) in [6.45, 7) is 4.19. The Morgan fingerprint density at radius 3 is 2.30 bits per heavy atom. The number of carbonyl (C=O) groups excluding carboxylic acids is 2. The Morgan fingerprint density at radius 1 is 1.17 bits per heavy atom. The van der Waals surface area contributed by atoms with Gasteiger partial charge in [0.2, 0.25) is 15.9 Å². The summed E-state index contributed by atoms with van der Waals surface area (Å²) in [6.07, 6.45) is 2.04. The molecule has 0 unspecified atom stereocenters. The second-order valence-electron chi connectivity index (χ2n) is 5.40. The number of carbonyl (C=O) groups is 2. The van der Waals surface area contributed by atoms with Crippen molar-refractivity contribution in [1.82, 2.24) is 9.62 Å². The third kappa shape index (κ3) is 6.11. The fraction of sp³-hybridized carbons (Fsp3) is 0.500. The molecule has 0 saturated heterocycles. The molecule has 1 N–H and O–H groups in total. The number of nitrogens with one attached hydrogen (secondary N) is 1. The molecule has 0 fully saturated rings. The molecule has 1 rings (SSSR count). The lowest BCUT2D eigenvalue weighted by Gasteiger charge is -2.16. The summed E-state index contributed by atoms with van der Waals surface area (Å²) in [4.78, 5) is 24.7. The zero-order chi connectivity index (χ0) is 17.5. The number of sulfonamides is 1. The molecular weight excluding hydrogens is 316 g/mol. The highest BCUT2D eigenvalue weighted by atomic mass is 32.2. The van der Waals surface area contributed by atoms with Crippen molar-refractivity contribution in [2.24, 2.45) is 0 Å². The predicted molar refractivity (Wildman–Crippen MR) is 88.8 cm³/mol. The molecule has 23 heavy (non-hydrogen) atoms. The molecule has 0 aliphatic heterocycles. The van der Waals surface area contributed by atoms with E-state index in [0.29, 0.717) is 12.1 Å². The number of unbranched alkanes of at least 4 members (excludes halogenated alkanes) is 1. The summed E-state index contributed by atoms with van der Waals surface area (Å²) in [7, 11) is -1.96. The molecule has 0 radical (unpaired) electrons. The van der Waals surface area contributed by atoms with E-state index in [9.17, 15) is 18.0 Å². The number of amides is 1. The van der Waals surface area contributed by atoms with Crippen LogP contribution in [-0.2, 0) is 14.8 Å². The number of Topliss-reactive ketones (excluding diaryl/α,β-unsaturated/α-hetero) is 1. The van der Waals surface area contributed by atoms with Gasteiger partial charge in [0.1, 0.15) is 0 Å². The van der Waals surface area contributed by atoms with Crippen molar-refractivity contribution >= 4 is 21.7 Å². The molecule has 1 aromatic rings. The molecule has 6 nitrogen and oxygen atoms in total. The van der Waals surface area contributed by atoms with Gasteiger partial charge >= 0.3 is 0 Å². The lowest BCUT2D eigenvalue weighted by molar-refractivity contribution is -0.129. The lowest BCUT2D eigenvalue weighted by Crippen LogP contribution is -2.32. The van der Waals surface area contributed by atoms with Crippen LogP contribution in [0.4, 0.5) is 0 Å². The van der Waals surface area contributed by atoms with E-state index < -0.39 is 10.0 Å². The SMILES string of the molecule is CCCCN(C)C(=O)CCNS(=O)(=O)c1ccc(C(C)=O)cc1. The molecule has 0 atom stereocenters. The van der Waals surface area contributed by atoms with Crippen molar-refractivity contribution in [2.45, 2.75) is 38.0 Å². The summed E-state index contributed by atoms with van der Waals surface area (Å²) in [5, 5.41) is 0. The maximum absolute atomic E-state index is 12.1. The summed E-state index contributed by atoms with van der Waals surface area (Å²) >= 11 is 0. The molecule has 7 heteroatoms. The molecule has 0 heterocycles. The van der Waals surface area contributed by atoms with E-state index in [1.807, 2.05) is 6.92 Å². The van der Waals surface area contributed by atoms with E-state index in [0.717, 1.165) is 12.8 Å². The van der Waals surface area contributed by atoms with Gasteiger partial charge in [-0.3, -0.25) is 9.59 Å². The quantitative estimate of drug-likeness (QED) is 0.695. The van der Waals surface area contributed by atoms with E-state index in [1.54, 1.807) is 11.9 Å². The van der Waals surface area contributed by atoms with Gasteiger partial charge in [-0.05, 0) is 25.5 Å². The second-order valence-corrected chi connectivity index (χ2v) is 7.16. The molecule has 1 amide bonds. The summed E-state index contributed by atoms with van der Waals surface area (Å²) in [5.41, 5.74) is 0.455. The van der Waals surface area contributed by atoms with Gasteiger partial charge in [-0.1, -0.05) is 25.5 Å². The van der Waals surface area contributed by atoms with Crippen LogP contribution >= 0.6 is 0 Å². The summed E-state index contributed by atoms with van der Waals surface area (Å²) in [5.74, 6) is -0.212. The normalized spacial score (nSPS) is 11.3. The van der Waals surface area contributed by atoms with Gasteiger partial charge in [0.15, 0.2) is 5.78 Å². The maximum atomic E-state index is 12.1. The third-order valence-corrected chi connectivity index (χ3v) is 4.95. The maximum Gasteiger partial charge on any atom is 0.240 e. The van der Waals surface area contributed by atoms with E-state index in [4.69, 9.17) is 0 Å². The summed E-state index contributed by atoms with van der Waals surface area (Å²) < 4.78 is 26.6. The monoisotopic (exact) mass is 340 g/mol. The van der Waals surface area contributed by atoms with Gasteiger partial charge in [0.05, 0.1) is 4.90 Å². The number of rotatable bonds is 9. The molecule has 0 aliphatic rings. The van der Waals surface area contributed by atoms with Crippen LogP contribution < -0.4 is 4.72 Å². The van der Waals surface area contributed by atoms with E-state index in [-0.39, 0.29) is 29.6 Å². The molecule has 0 aromatic heterocycles. The Balaban J connectivity index is 2.55.